The second kappa shape index (κ2) is 8.31. The van der Waals surface area contributed by atoms with E-state index in [0.717, 1.165) is 26.0 Å². The van der Waals surface area contributed by atoms with E-state index in [-0.39, 0.29) is 0 Å². The van der Waals surface area contributed by atoms with Crippen LogP contribution in [0.5, 0.6) is 0 Å². The van der Waals surface area contributed by atoms with Gasteiger partial charge in [-0.05, 0) is 51.3 Å². The Morgan fingerprint density at radius 3 is 2.68 bits per heavy atom. The van der Waals surface area contributed by atoms with E-state index in [2.05, 4.69) is 44.3 Å². The minimum Gasteiger partial charge on any atom is -0.383 e. The SMILES string of the molecule is COCC(CCCN)NC(C)c1cc(C)ccc1C. The number of benzene rings is 1. The second-order valence-electron chi connectivity index (χ2n) is 5.33. The van der Waals surface area contributed by atoms with Crippen molar-refractivity contribution in [2.75, 3.05) is 20.3 Å². The highest BCUT2D eigenvalue weighted by molar-refractivity contribution is 5.32. The maximum atomic E-state index is 5.59. The molecule has 0 heterocycles. The molecule has 1 aromatic carbocycles. The number of rotatable bonds is 8. The fourth-order valence-corrected chi connectivity index (χ4v) is 2.45. The van der Waals surface area contributed by atoms with Crippen LogP contribution in [0.25, 0.3) is 0 Å². The van der Waals surface area contributed by atoms with Crippen LogP contribution in [0.4, 0.5) is 0 Å². The first-order valence-electron chi connectivity index (χ1n) is 7.10. The maximum Gasteiger partial charge on any atom is 0.0616 e. The number of methoxy groups -OCH3 is 1. The molecule has 2 atom stereocenters. The Kier molecular flexibility index (Phi) is 7.06. The molecule has 3 heteroatoms. The lowest BCUT2D eigenvalue weighted by Crippen LogP contribution is -2.36. The van der Waals surface area contributed by atoms with Crippen LogP contribution in [0, 0.1) is 13.8 Å². The quantitative estimate of drug-likeness (QED) is 0.759. The molecule has 0 fully saturated rings. The molecule has 1 rings (SSSR count). The van der Waals surface area contributed by atoms with Gasteiger partial charge in [0.2, 0.25) is 0 Å². The van der Waals surface area contributed by atoms with Crippen molar-refractivity contribution in [3.8, 4) is 0 Å². The summed E-state index contributed by atoms with van der Waals surface area (Å²) in [5, 5.41) is 3.66. The van der Waals surface area contributed by atoms with E-state index in [1.54, 1.807) is 7.11 Å². The largest absolute Gasteiger partial charge is 0.383 e. The van der Waals surface area contributed by atoms with E-state index in [4.69, 9.17) is 10.5 Å². The van der Waals surface area contributed by atoms with E-state index < -0.39 is 0 Å². The smallest absolute Gasteiger partial charge is 0.0616 e. The highest BCUT2D eigenvalue weighted by Gasteiger charge is 2.14. The van der Waals surface area contributed by atoms with Crippen molar-refractivity contribution in [3.05, 3.63) is 34.9 Å². The van der Waals surface area contributed by atoms with Crippen molar-refractivity contribution in [2.24, 2.45) is 5.73 Å². The molecule has 19 heavy (non-hydrogen) atoms. The van der Waals surface area contributed by atoms with Gasteiger partial charge in [0.1, 0.15) is 0 Å². The Morgan fingerprint density at radius 2 is 2.05 bits per heavy atom. The molecule has 2 unspecified atom stereocenters. The van der Waals surface area contributed by atoms with Gasteiger partial charge in [0.05, 0.1) is 6.61 Å². The normalized spacial score (nSPS) is 14.4. The summed E-state index contributed by atoms with van der Waals surface area (Å²) in [6, 6.07) is 7.31. The molecule has 0 bridgehead atoms. The van der Waals surface area contributed by atoms with Crippen molar-refractivity contribution < 1.29 is 4.74 Å². The fourth-order valence-electron chi connectivity index (χ4n) is 2.45. The van der Waals surface area contributed by atoms with Gasteiger partial charge in [-0.3, -0.25) is 0 Å². The minimum atomic E-state index is 0.331. The lowest BCUT2D eigenvalue weighted by Gasteiger charge is -2.24. The van der Waals surface area contributed by atoms with E-state index in [9.17, 15) is 0 Å². The highest BCUT2D eigenvalue weighted by Crippen LogP contribution is 2.20. The van der Waals surface area contributed by atoms with E-state index >= 15 is 0 Å². The van der Waals surface area contributed by atoms with Crippen LogP contribution in [0.1, 0.15) is 42.5 Å². The molecule has 1 aromatic rings. The van der Waals surface area contributed by atoms with E-state index in [1.807, 2.05) is 0 Å². The molecule has 0 radical (unpaired) electrons. The van der Waals surface area contributed by atoms with Gasteiger partial charge in [-0.2, -0.15) is 0 Å². The molecule has 3 N–H and O–H groups in total. The first-order chi connectivity index (χ1) is 9.08. The molecule has 0 spiro atoms. The average Bonchev–Trinajstić information content (AvgIpc) is 2.39. The molecule has 0 saturated heterocycles. The third kappa shape index (κ3) is 5.31. The van der Waals surface area contributed by atoms with Crippen LogP contribution in [-0.4, -0.2) is 26.3 Å². The standard InChI is InChI=1S/C16H28N2O/c1-12-7-8-13(2)16(10-12)14(3)18-15(11-19-4)6-5-9-17/h7-8,10,14-15,18H,5-6,9,11,17H2,1-4H3. The molecule has 0 aromatic heterocycles. The van der Waals surface area contributed by atoms with Crippen LogP contribution in [0.2, 0.25) is 0 Å². The number of ether oxygens (including phenoxy) is 1. The zero-order valence-corrected chi connectivity index (χ0v) is 12.7. The number of hydrogen-bond donors (Lipinski definition) is 2. The van der Waals surface area contributed by atoms with Crippen LogP contribution < -0.4 is 11.1 Å². The Morgan fingerprint density at radius 1 is 1.32 bits per heavy atom. The van der Waals surface area contributed by atoms with Gasteiger partial charge in [-0.15, -0.1) is 0 Å². The van der Waals surface area contributed by atoms with Crippen molar-refractivity contribution in [2.45, 2.75) is 45.7 Å². The third-order valence-corrected chi connectivity index (χ3v) is 3.51. The van der Waals surface area contributed by atoms with E-state index in [0.29, 0.717) is 12.1 Å². The topological polar surface area (TPSA) is 47.3 Å². The van der Waals surface area contributed by atoms with Crippen molar-refractivity contribution in [1.29, 1.82) is 0 Å². The summed E-state index contributed by atoms with van der Waals surface area (Å²) >= 11 is 0. The van der Waals surface area contributed by atoms with Crippen molar-refractivity contribution in [1.82, 2.24) is 5.32 Å². The summed E-state index contributed by atoms with van der Waals surface area (Å²) in [4.78, 5) is 0. The van der Waals surface area contributed by atoms with Crippen LogP contribution in [0.15, 0.2) is 18.2 Å². The van der Waals surface area contributed by atoms with Gasteiger partial charge >= 0.3 is 0 Å². The zero-order chi connectivity index (χ0) is 14.3. The second-order valence-corrected chi connectivity index (χ2v) is 5.33. The first kappa shape index (κ1) is 16.2. The molecule has 0 aliphatic heterocycles. The first-order valence-corrected chi connectivity index (χ1v) is 7.10. The summed E-state index contributed by atoms with van der Waals surface area (Å²) in [5.41, 5.74) is 9.60. The predicted octanol–water partition coefficient (Wildman–Crippen LogP) is 2.71. The van der Waals surface area contributed by atoms with Crippen LogP contribution >= 0.6 is 0 Å². The molecule has 0 saturated carbocycles. The summed E-state index contributed by atoms with van der Waals surface area (Å²) in [6.07, 6.45) is 2.08. The summed E-state index contributed by atoms with van der Waals surface area (Å²) in [6.45, 7) is 7.98. The Balaban J connectivity index is 2.69. The molecule has 0 amide bonds. The van der Waals surface area contributed by atoms with Crippen molar-refractivity contribution >= 4 is 0 Å². The summed E-state index contributed by atoms with van der Waals surface area (Å²) in [5.74, 6) is 0. The summed E-state index contributed by atoms with van der Waals surface area (Å²) in [7, 11) is 1.75. The van der Waals surface area contributed by atoms with E-state index in [1.165, 1.54) is 16.7 Å². The summed E-state index contributed by atoms with van der Waals surface area (Å²) < 4.78 is 5.29. The minimum absolute atomic E-state index is 0.331. The molecule has 108 valence electrons. The average molecular weight is 264 g/mol. The van der Waals surface area contributed by atoms with Crippen LogP contribution in [0.3, 0.4) is 0 Å². The Labute approximate surface area is 117 Å². The third-order valence-electron chi connectivity index (χ3n) is 3.51. The Bertz CT molecular complexity index is 379. The van der Waals surface area contributed by atoms with Crippen molar-refractivity contribution in [3.63, 3.8) is 0 Å². The molecular formula is C16H28N2O. The van der Waals surface area contributed by atoms with Gasteiger partial charge in [0, 0.05) is 19.2 Å². The predicted molar refractivity (Wildman–Crippen MR) is 81.4 cm³/mol. The number of aryl methyl sites for hydroxylation is 2. The maximum absolute atomic E-state index is 5.59. The number of nitrogens with two attached hydrogens (primary N) is 1. The van der Waals surface area contributed by atoms with Gasteiger partial charge < -0.3 is 15.8 Å². The molecule has 0 aliphatic carbocycles. The highest BCUT2D eigenvalue weighted by atomic mass is 16.5. The number of hydrogen-bond acceptors (Lipinski definition) is 3. The van der Waals surface area contributed by atoms with Crippen LogP contribution in [-0.2, 0) is 4.74 Å². The van der Waals surface area contributed by atoms with Gasteiger partial charge in [0.15, 0.2) is 0 Å². The van der Waals surface area contributed by atoms with Gasteiger partial charge in [-0.1, -0.05) is 23.8 Å². The number of nitrogens with one attached hydrogen (secondary N) is 1. The Hall–Kier alpha value is -0.900. The fraction of sp³-hybridized carbons (Fsp3) is 0.625. The zero-order valence-electron chi connectivity index (χ0n) is 12.7. The monoisotopic (exact) mass is 264 g/mol. The molecular weight excluding hydrogens is 236 g/mol. The molecule has 3 nitrogen and oxygen atoms in total. The van der Waals surface area contributed by atoms with Gasteiger partial charge in [-0.25, -0.2) is 0 Å². The lowest BCUT2D eigenvalue weighted by atomic mass is 9.99. The molecule has 0 aliphatic rings. The van der Waals surface area contributed by atoms with Gasteiger partial charge in [0.25, 0.3) is 0 Å². The lowest BCUT2D eigenvalue weighted by molar-refractivity contribution is 0.156.